The van der Waals surface area contributed by atoms with Crippen molar-refractivity contribution in [3.63, 3.8) is 0 Å². The van der Waals surface area contributed by atoms with Crippen LogP contribution in [0.1, 0.15) is 11.1 Å². The van der Waals surface area contributed by atoms with Gasteiger partial charge >= 0.3 is 0 Å². The summed E-state index contributed by atoms with van der Waals surface area (Å²) in [5.41, 5.74) is 8.29. The van der Waals surface area contributed by atoms with Crippen LogP contribution in [0.25, 0.3) is 0 Å². The highest BCUT2D eigenvalue weighted by Crippen LogP contribution is 2.20. The Morgan fingerprint density at radius 3 is 2.35 bits per heavy atom. The molecule has 2 aromatic rings. The van der Waals surface area contributed by atoms with Crippen molar-refractivity contribution in [2.24, 2.45) is 0 Å². The zero-order valence-electron chi connectivity index (χ0n) is 9.40. The molecule has 0 aliphatic carbocycles. The molecule has 2 aromatic carbocycles. The molecule has 3 heteroatoms. The highest BCUT2D eigenvalue weighted by molar-refractivity contribution is 7.97. The van der Waals surface area contributed by atoms with Crippen molar-refractivity contribution in [3.05, 3.63) is 65.5 Å². The van der Waals surface area contributed by atoms with Crippen molar-refractivity contribution < 1.29 is 4.39 Å². The highest BCUT2D eigenvalue weighted by Gasteiger charge is 1.99. The molecule has 0 radical (unpaired) electrons. The van der Waals surface area contributed by atoms with E-state index < -0.39 is 0 Å². The SMILES string of the molecule is Nc1cc(F)cc(CSCc2ccccc2)c1. The minimum Gasteiger partial charge on any atom is -0.399 e. The van der Waals surface area contributed by atoms with Crippen LogP contribution in [0, 0.1) is 5.82 Å². The first-order valence-electron chi connectivity index (χ1n) is 5.40. The molecule has 17 heavy (non-hydrogen) atoms. The van der Waals surface area contributed by atoms with Crippen molar-refractivity contribution in [3.8, 4) is 0 Å². The Morgan fingerprint density at radius 2 is 1.65 bits per heavy atom. The molecule has 0 heterocycles. The van der Waals surface area contributed by atoms with E-state index in [2.05, 4.69) is 12.1 Å². The smallest absolute Gasteiger partial charge is 0.125 e. The molecule has 0 aliphatic rings. The van der Waals surface area contributed by atoms with Crippen LogP contribution in [0.3, 0.4) is 0 Å². The van der Waals surface area contributed by atoms with Crippen LogP contribution in [0.4, 0.5) is 10.1 Å². The van der Waals surface area contributed by atoms with Crippen LogP contribution in [-0.4, -0.2) is 0 Å². The van der Waals surface area contributed by atoms with Crippen LogP contribution in [0.2, 0.25) is 0 Å². The minimum atomic E-state index is -0.264. The third-order valence-electron chi connectivity index (χ3n) is 2.36. The summed E-state index contributed by atoms with van der Waals surface area (Å²) in [7, 11) is 0. The molecule has 0 spiro atoms. The summed E-state index contributed by atoms with van der Waals surface area (Å²) in [6.45, 7) is 0. The summed E-state index contributed by atoms with van der Waals surface area (Å²) in [6.07, 6.45) is 0. The van der Waals surface area contributed by atoms with Crippen LogP contribution >= 0.6 is 11.8 Å². The zero-order chi connectivity index (χ0) is 12.1. The number of halogens is 1. The number of rotatable bonds is 4. The fraction of sp³-hybridized carbons (Fsp3) is 0.143. The number of hydrogen-bond donors (Lipinski definition) is 1. The third-order valence-corrected chi connectivity index (χ3v) is 3.44. The molecule has 2 N–H and O–H groups in total. The van der Waals surface area contributed by atoms with Gasteiger partial charge in [0.15, 0.2) is 0 Å². The second-order valence-electron chi connectivity index (χ2n) is 3.87. The summed E-state index contributed by atoms with van der Waals surface area (Å²) >= 11 is 1.75. The minimum absolute atomic E-state index is 0.264. The van der Waals surface area contributed by atoms with Crippen molar-refractivity contribution in [1.82, 2.24) is 0 Å². The summed E-state index contributed by atoms with van der Waals surface area (Å²) < 4.78 is 13.1. The first-order chi connectivity index (χ1) is 8.24. The van der Waals surface area contributed by atoms with E-state index >= 15 is 0 Å². The number of nitrogens with two attached hydrogens (primary N) is 1. The van der Waals surface area contributed by atoms with E-state index in [-0.39, 0.29) is 5.82 Å². The first-order valence-corrected chi connectivity index (χ1v) is 6.56. The van der Waals surface area contributed by atoms with Gasteiger partial charge < -0.3 is 5.73 Å². The molecule has 0 amide bonds. The normalized spacial score (nSPS) is 10.4. The lowest BCUT2D eigenvalue weighted by Crippen LogP contribution is -1.90. The maximum atomic E-state index is 13.1. The van der Waals surface area contributed by atoms with Gasteiger partial charge in [-0.15, -0.1) is 0 Å². The van der Waals surface area contributed by atoms with Crippen molar-refractivity contribution in [1.29, 1.82) is 0 Å². The maximum absolute atomic E-state index is 13.1. The van der Waals surface area contributed by atoms with Crippen molar-refractivity contribution >= 4 is 17.4 Å². The Morgan fingerprint density at radius 1 is 0.941 bits per heavy atom. The zero-order valence-corrected chi connectivity index (χ0v) is 10.2. The van der Waals surface area contributed by atoms with Crippen LogP contribution in [0.5, 0.6) is 0 Å². The number of thioether (sulfide) groups is 1. The maximum Gasteiger partial charge on any atom is 0.125 e. The lowest BCUT2D eigenvalue weighted by atomic mass is 10.2. The van der Waals surface area contributed by atoms with Crippen LogP contribution < -0.4 is 5.73 Å². The first kappa shape index (κ1) is 12.0. The molecule has 0 aromatic heterocycles. The molecule has 0 aliphatic heterocycles. The van der Waals surface area contributed by atoms with E-state index in [1.807, 2.05) is 24.3 Å². The second-order valence-corrected chi connectivity index (χ2v) is 4.86. The number of anilines is 1. The Labute approximate surface area is 105 Å². The van der Waals surface area contributed by atoms with Gasteiger partial charge in [-0.05, 0) is 29.3 Å². The van der Waals surface area contributed by atoms with Gasteiger partial charge in [0, 0.05) is 17.2 Å². The predicted octanol–water partition coefficient (Wildman–Crippen LogP) is 3.84. The molecule has 2 rings (SSSR count). The Kier molecular flexibility index (Phi) is 4.04. The Bertz CT molecular complexity index is 465. The van der Waals surface area contributed by atoms with Gasteiger partial charge in [0.1, 0.15) is 5.82 Å². The topological polar surface area (TPSA) is 26.0 Å². The molecule has 1 nitrogen and oxygen atoms in total. The summed E-state index contributed by atoms with van der Waals surface area (Å²) in [5, 5.41) is 0. The number of benzene rings is 2. The quantitative estimate of drug-likeness (QED) is 0.831. The van der Waals surface area contributed by atoms with Crippen molar-refractivity contribution in [2.45, 2.75) is 11.5 Å². The molecule has 0 unspecified atom stereocenters. The second kappa shape index (κ2) is 5.73. The van der Waals surface area contributed by atoms with E-state index in [1.54, 1.807) is 11.8 Å². The molecular formula is C14H14FNS. The van der Waals surface area contributed by atoms with E-state index in [9.17, 15) is 4.39 Å². The fourth-order valence-electron chi connectivity index (χ4n) is 1.62. The predicted molar refractivity (Wildman–Crippen MR) is 72.3 cm³/mol. The van der Waals surface area contributed by atoms with Crippen LogP contribution in [-0.2, 0) is 11.5 Å². The lowest BCUT2D eigenvalue weighted by Gasteiger charge is -2.04. The largest absolute Gasteiger partial charge is 0.399 e. The lowest BCUT2D eigenvalue weighted by molar-refractivity contribution is 0.627. The molecule has 0 saturated carbocycles. The van der Waals surface area contributed by atoms with Gasteiger partial charge in [-0.1, -0.05) is 30.3 Å². The molecule has 0 fully saturated rings. The molecular weight excluding hydrogens is 233 g/mol. The van der Waals surface area contributed by atoms with E-state index in [0.717, 1.165) is 17.1 Å². The monoisotopic (exact) mass is 247 g/mol. The summed E-state index contributed by atoms with van der Waals surface area (Å²) in [5.74, 6) is 1.44. The molecule has 0 bridgehead atoms. The molecule has 0 atom stereocenters. The Balaban J connectivity index is 1.90. The Hall–Kier alpha value is -1.48. The van der Waals surface area contributed by atoms with Crippen molar-refractivity contribution in [2.75, 3.05) is 5.73 Å². The highest BCUT2D eigenvalue weighted by atomic mass is 32.2. The standard InChI is InChI=1S/C14H14FNS/c15-13-6-12(7-14(16)8-13)10-17-9-11-4-2-1-3-5-11/h1-8H,9-10,16H2. The summed E-state index contributed by atoms with van der Waals surface area (Å²) in [4.78, 5) is 0. The van der Waals surface area contributed by atoms with Gasteiger partial charge in [-0.2, -0.15) is 11.8 Å². The van der Waals surface area contributed by atoms with Gasteiger partial charge in [0.25, 0.3) is 0 Å². The summed E-state index contributed by atoms with van der Waals surface area (Å²) in [6, 6.07) is 14.9. The fourth-order valence-corrected chi connectivity index (χ4v) is 2.55. The molecule has 88 valence electrons. The van der Waals surface area contributed by atoms with E-state index in [0.29, 0.717) is 5.69 Å². The number of nitrogen functional groups attached to an aromatic ring is 1. The van der Waals surface area contributed by atoms with E-state index in [4.69, 9.17) is 5.73 Å². The average molecular weight is 247 g/mol. The number of hydrogen-bond acceptors (Lipinski definition) is 2. The average Bonchev–Trinajstić information content (AvgIpc) is 2.29. The van der Waals surface area contributed by atoms with E-state index in [1.165, 1.54) is 17.7 Å². The van der Waals surface area contributed by atoms with Gasteiger partial charge in [0.05, 0.1) is 0 Å². The van der Waals surface area contributed by atoms with Gasteiger partial charge in [-0.25, -0.2) is 4.39 Å². The van der Waals surface area contributed by atoms with Gasteiger partial charge in [0.2, 0.25) is 0 Å². The van der Waals surface area contributed by atoms with Gasteiger partial charge in [-0.3, -0.25) is 0 Å². The van der Waals surface area contributed by atoms with Crippen LogP contribution in [0.15, 0.2) is 48.5 Å². The molecule has 0 saturated heterocycles. The third kappa shape index (κ3) is 3.79.